The minimum Gasteiger partial charge on any atom is -0.384 e. The van der Waals surface area contributed by atoms with Gasteiger partial charge in [0.25, 0.3) is 0 Å². The van der Waals surface area contributed by atoms with E-state index in [4.69, 9.17) is 5.73 Å². The molecule has 0 spiro atoms. The minimum atomic E-state index is -0.302. The molecule has 6 heteroatoms. The number of hydrogen-bond acceptors (Lipinski definition) is 4. The van der Waals surface area contributed by atoms with Crippen LogP contribution in [0.3, 0.4) is 0 Å². The highest BCUT2D eigenvalue weighted by Gasteiger charge is 2.05. The molecule has 1 aromatic heterocycles. The van der Waals surface area contributed by atoms with Gasteiger partial charge in [0.15, 0.2) is 0 Å². The highest BCUT2D eigenvalue weighted by molar-refractivity contribution is 9.10. The van der Waals surface area contributed by atoms with E-state index in [0.29, 0.717) is 28.4 Å². The smallest absolute Gasteiger partial charge is 0.136 e. The van der Waals surface area contributed by atoms with Gasteiger partial charge >= 0.3 is 0 Å². The number of aryl methyl sites for hydroxylation is 1. The lowest BCUT2D eigenvalue weighted by Crippen LogP contribution is -2.03. The van der Waals surface area contributed by atoms with Crippen LogP contribution in [-0.4, -0.2) is 9.97 Å². The zero-order valence-electron chi connectivity index (χ0n) is 9.74. The Balaban J connectivity index is 2.30. The Morgan fingerprint density at radius 3 is 2.78 bits per heavy atom. The SMILES string of the molecule is CCc1nc(N)cc(Nc2ccc(F)cc2Br)n1. The summed E-state index contributed by atoms with van der Waals surface area (Å²) in [4.78, 5) is 8.38. The van der Waals surface area contributed by atoms with Gasteiger partial charge in [-0.25, -0.2) is 14.4 Å². The average molecular weight is 311 g/mol. The first-order chi connectivity index (χ1) is 8.58. The van der Waals surface area contributed by atoms with Gasteiger partial charge in [0.1, 0.15) is 23.3 Å². The fourth-order valence-corrected chi connectivity index (χ4v) is 1.92. The number of hydrogen-bond donors (Lipinski definition) is 2. The van der Waals surface area contributed by atoms with Crippen LogP contribution in [0.25, 0.3) is 0 Å². The van der Waals surface area contributed by atoms with Crippen molar-refractivity contribution in [3.05, 3.63) is 40.4 Å². The van der Waals surface area contributed by atoms with E-state index in [1.807, 2.05) is 6.92 Å². The van der Waals surface area contributed by atoms with Gasteiger partial charge in [0.05, 0.1) is 5.69 Å². The summed E-state index contributed by atoms with van der Waals surface area (Å²) < 4.78 is 13.6. The predicted octanol–water partition coefficient (Wildman–Crippen LogP) is 3.27. The normalized spacial score (nSPS) is 10.4. The summed E-state index contributed by atoms with van der Waals surface area (Å²) in [5, 5.41) is 3.07. The van der Waals surface area contributed by atoms with Crippen molar-refractivity contribution in [2.24, 2.45) is 0 Å². The van der Waals surface area contributed by atoms with Crippen molar-refractivity contribution in [3.63, 3.8) is 0 Å². The largest absolute Gasteiger partial charge is 0.384 e. The molecule has 2 rings (SSSR count). The van der Waals surface area contributed by atoms with Crippen molar-refractivity contribution in [2.45, 2.75) is 13.3 Å². The summed E-state index contributed by atoms with van der Waals surface area (Å²) in [6.45, 7) is 1.95. The second kappa shape index (κ2) is 5.30. The Bertz CT molecular complexity index is 574. The van der Waals surface area contributed by atoms with Crippen LogP contribution in [0.1, 0.15) is 12.7 Å². The van der Waals surface area contributed by atoms with Crippen molar-refractivity contribution in [3.8, 4) is 0 Å². The monoisotopic (exact) mass is 310 g/mol. The lowest BCUT2D eigenvalue weighted by molar-refractivity contribution is 0.627. The van der Waals surface area contributed by atoms with Gasteiger partial charge in [0.2, 0.25) is 0 Å². The molecule has 0 atom stereocenters. The van der Waals surface area contributed by atoms with Crippen molar-refractivity contribution in [2.75, 3.05) is 11.1 Å². The molecule has 0 saturated heterocycles. The van der Waals surface area contributed by atoms with E-state index < -0.39 is 0 Å². The molecule has 0 aliphatic rings. The second-order valence-corrected chi connectivity index (χ2v) is 4.55. The molecule has 1 aromatic carbocycles. The van der Waals surface area contributed by atoms with Crippen LogP contribution in [0.2, 0.25) is 0 Å². The molecule has 0 aliphatic carbocycles. The lowest BCUT2D eigenvalue weighted by Gasteiger charge is -2.09. The molecule has 18 heavy (non-hydrogen) atoms. The number of halogens is 2. The fourth-order valence-electron chi connectivity index (χ4n) is 1.47. The molecule has 3 N–H and O–H groups in total. The molecular weight excluding hydrogens is 299 g/mol. The quantitative estimate of drug-likeness (QED) is 0.913. The van der Waals surface area contributed by atoms with E-state index >= 15 is 0 Å². The van der Waals surface area contributed by atoms with E-state index in [0.717, 1.165) is 5.69 Å². The molecular formula is C12H12BrFN4. The first-order valence-corrected chi connectivity index (χ1v) is 6.23. The Hall–Kier alpha value is -1.69. The molecule has 0 unspecified atom stereocenters. The molecule has 0 amide bonds. The third kappa shape index (κ3) is 2.95. The number of benzene rings is 1. The maximum Gasteiger partial charge on any atom is 0.136 e. The third-order valence-corrected chi connectivity index (χ3v) is 2.96. The Morgan fingerprint density at radius 1 is 1.33 bits per heavy atom. The number of nitrogens with zero attached hydrogens (tertiary/aromatic N) is 2. The number of nitrogens with two attached hydrogens (primary N) is 1. The van der Waals surface area contributed by atoms with Crippen molar-refractivity contribution < 1.29 is 4.39 Å². The van der Waals surface area contributed by atoms with Crippen molar-refractivity contribution >= 4 is 33.3 Å². The summed E-state index contributed by atoms with van der Waals surface area (Å²) >= 11 is 3.28. The maximum absolute atomic E-state index is 13.0. The molecule has 0 aliphatic heterocycles. The van der Waals surface area contributed by atoms with E-state index in [1.165, 1.54) is 12.1 Å². The predicted molar refractivity (Wildman–Crippen MR) is 73.2 cm³/mol. The first-order valence-electron chi connectivity index (χ1n) is 5.44. The number of nitrogen functional groups attached to an aromatic ring is 1. The highest BCUT2D eigenvalue weighted by atomic mass is 79.9. The Morgan fingerprint density at radius 2 is 2.11 bits per heavy atom. The van der Waals surface area contributed by atoms with Gasteiger partial charge in [-0.1, -0.05) is 6.92 Å². The van der Waals surface area contributed by atoms with Gasteiger partial charge in [-0.3, -0.25) is 0 Å². The van der Waals surface area contributed by atoms with Crippen LogP contribution >= 0.6 is 15.9 Å². The van der Waals surface area contributed by atoms with Crippen LogP contribution in [0, 0.1) is 5.82 Å². The van der Waals surface area contributed by atoms with Crippen LogP contribution in [-0.2, 0) is 6.42 Å². The molecule has 0 radical (unpaired) electrons. The van der Waals surface area contributed by atoms with Gasteiger partial charge in [-0.2, -0.15) is 0 Å². The second-order valence-electron chi connectivity index (χ2n) is 3.70. The summed E-state index contributed by atoms with van der Waals surface area (Å²) in [7, 11) is 0. The van der Waals surface area contributed by atoms with Gasteiger partial charge < -0.3 is 11.1 Å². The Kier molecular flexibility index (Phi) is 3.76. The summed E-state index contributed by atoms with van der Waals surface area (Å²) in [6.07, 6.45) is 0.699. The van der Waals surface area contributed by atoms with Crippen LogP contribution < -0.4 is 11.1 Å². The highest BCUT2D eigenvalue weighted by Crippen LogP contribution is 2.26. The van der Waals surface area contributed by atoms with Crippen LogP contribution in [0.4, 0.5) is 21.7 Å². The minimum absolute atomic E-state index is 0.302. The molecule has 0 bridgehead atoms. The van der Waals surface area contributed by atoms with E-state index in [2.05, 4.69) is 31.2 Å². The summed E-state index contributed by atoms with van der Waals surface area (Å²) in [5.41, 5.74) is 6.41. The van der Waals surface area contributed by atoms with Gasteiger partial charge in [-0.05, 0) is 34.1 Å². The zero-order valence-corrected chi connectivity index (χ0v) is 11.3. The van der Waals surface area contributed by atoms with Gasteiger partial charge in [-0.15, -0.1) is 0 Å². The third-order valence-electron chi connectivity index (χ3n) is 2.30. The fraction of sp³-hybridized carbons (Fsp3) is 0.167. The molecule has 4 nitrogen and oxygen atoms in total. The van der Waals surface area contributed by atoms with Crippen LogP contribution in [0.15, 0.2) is 28.7 Å². The molecule has 1 heterocycles. The first kappa shape index (κ1) is 12.8. The van der Waals surface area contributed by atoms with Crippen molar-refractivity contribution in [1.29, 1.82) is 0 Å². The van der Waals surface area contributed by atoms with E-state index in [-0.39, 0.29) is 5.82 Å². The number of nitrogens with one attached hydrogen (secondary N) is 1. The van der Waals surface area contributed by atoms with Crippen molar-refractivity contribution in [1.82, 2.24) is 9.97 Å². The molecule has 2 aromatic rings. The Labute approximate surface area is 113 Å². The van der Waals surface area contributed by atoms with E-state index in [9.17, 15) is 4.39 Å². The number of anilines is 3. The summed E-state index contributed by atoms with van der Waals surface area (Å²) in [6, 6.07) is 6.02. The number of rotatable bonds is 3. The average Bonchev–Trinajstić information content (AvgIpc) is 2.32. The molecule has 0 fully saturated rings. The lowest BCUT2D eigenvalue weighted by atomic mass is 10.3. The van der Waals surface area contributed by atoms with E-state index in [1.54, 1.807) is 12.1 Å². The molecule has 0 saturated carbocycles. The van der Waals surface area contributed by atoms with Gasteiger partial charge in [0, 0.05) is 17.0 Å². The standard InChI is InChI=1S/C12H12BrFN4/c1-2-11-17-10(15)6-12(18-11)16-9-4-3-7(14)5-8(9)13/h3-6H,2H2,1H3,(H3,15,16,17,18). The van der Waals surface area contributed by atoms with Crippen LogP contribution in [0.5, 0.6) is 0 Å². The summed E-state index contributed by atoms with van der Waals surface area (Å²) in [5.74, 6) is 1.36. The topological polar surface area (TPSA) is 63.8 Å². The maximum atomic E-state index is 13.0. The number of aromatic nitrogens is 2. The molecule has 94 valence electrons. The zero-order chi connectivity index (χ0) is 13.1.